The molecule has 0 aromatic carbocycles. The fourth-order valence-corrected chi connectivity index (χ4v) is 2.64. The predicted octanol–water partition coefficient (Wildman–Crippen LogP) is 1.96. The van der Waals surface area contributed by atoms with Crippen molar-refractivity contribution in [2.24, 2.45) is 7.05 Å². The predicted molar refractivity (Wildman–Crippen MR) is 75.7 cm³/mol. The van der Waals surface area contributed by atoms with Crippen molar-refractivity contribution in [2.45, 2.75) is 52.2 Å². The van der Waals surface area contributed by atoms with Crippen molar-refractivity contribution >= 4 is 6.09 Å². The van der Waals surface area contributed by atoms with E-state index in [4.69, 9.17) is 4.74 Å². The number of aromatic nitrogens is 2. The normalized spacial score (nSPS) is 18.9. The van der Waals surface area contributed by atoms with E-state index in [0.717, 1.165) is 17.7 Å². The number of nitrogens with one attached hydrogen (secondary N) is 1. The van der Waals surface area contributed by atoms with Crippen molar-refractivity contribution in [3.8, 4) is 0 Å². The van der Waals surface area contributed by atoms with Crippen molar-refractivity contribution in [1.29, 1.82) is 0 Å². The van der Waals surface area contributed by atoms with Crippen molar-refractivity contribution < 1.29 is 9.53 Å². The molecule has 1 aromatic rings. The average Bonchev–Trinajstić information content (AvgIpc) is 2.62. The number of hydrogen-bond donors (Lipinski definition) is 1. The zero-order chi connectivity index (χ0) is 15.1. The third-order valence-electron chi connectivity index (χ3n) is 3.50. The van der Waals surface area contributed by atoms with E-state index >= 15 is 0 Å². The Hall–Kier alpha value is -1.72. The van der Waals surface area contributed by atoms with Crippen LogP contribution in [0, 0.1) is 0 Å². The van der Waals surface area contributed by atoms with E-state index in [1.54, 1.807) is 11.9 Å². The van der Waals surface area contributed by atoms with Gasteiger partial charge in [-0.1, -0.05) is 6.92 Å². The fraction of sp³-hybridized carbons (Fsp3) is 0.714. The van der Waals surface area contributed by atoms with Crippen molar-refractivity contribution in [2.75, 3.05) is 6.54 Å². The van der Waals surface area contributed by atoms with Gasteiger partial charge in [-0.15, -0.1) is 0 Å². The minimum atomic E-state index is -0.514. The maximum Gasteiger partial charge on any atom is 0.410 e. The summed E-state index contributed by atoms with van der Waals surface area (Å²) in [6.45, 7) is 8.08. The van der Waals surface area contributed by atoms with Crippen LogP contribution in [0.3, 0.4) is 0 Å². The second-order valence-corrected chi connectivity index (χ2v) is 6.22. The number of nitrogens with zero attached hydrogens (tertiary/aromatic N) is 2. The molecule has 6 nitrogen and oxygen atoms in total. The number of H-pyrrole nitrogens is 1. The number of ether oxygens (including phenoxy) is 1. The molecule has 6 heteroatoms. The molecule has 2 heterocycles. The summed E-state index contributed by atoms with van der Waals surface area (Å²) in [5, 5.41) is 3.07. The Kier molecular flexibility index (Phi) is 3.67. The Morgan fingerprint density at radius 1 is 1.45 bits per heavy atom. The van der Waals surface area contributed by atoms with Gasteiger partial charge in [0.25, 0.3) is 5.56 Å². The minimum Gasteiger partial charge on any atom is -0.444 e. The van der Waals surface area contributed by atoms with Crippen LogP contribution in [-0.4, -0.2) is 32.9 Å². The second-order valence-electron chi connectivity index (χ2n) is 6.22. The highest BCUT2D eigenvalue weighted by Gasteiger charge is 2.35. The first-order chi connectivity index (χ1) is 9.24. The van der Waals surface area contributed by atoms with Crippen LogP contribution < -0.4 is 5.56 Å². The summed E-state index contributed by atoms with van der Waals surface area (Å²) < 4.78 is 6.93. The third-order valence-corrected chi connectivity index (χ3v) is 3.50. The molecular weight excluding hydrogens is 258 g/mol. The summed E-state index contributed by atoms with van der Waals surface area (Å²) in [4.78, 5) is 26.0. The molecule has 1 aliphatic heterocycles. The molecule has 1 amide bonds. The highest BCUT2D eigenvalue weighted by atomic mass is 16.6. The van der Waals surface area contributed by atoms with E-state index in [2.05, 4.69) is 5.10 Å². The lowest BCUT2D eigenvalue weighted by atomic mass is 9.98. The van der Waals surface area contributed by atoms with Gasteiger partial charge in [0.2, 0.25) is 0 Å². The smallest absolute Gasteiger partial charge is 0.410 e. The van der Waals surface area contributed by atoms with Gasteiger partial charge in [0.05, 0.1) is 11.7 Å². The van der Waals surface area contributed by atoms with Gasteiger partial charge in [0.15, 0.2) is 0 Å². The Balaban J connectivity index is 2.30. The zero-order valence-corrected chi connectivity index (χ0v) is 12.8. The number of carbonyl (C=O) groups is 1. The van der Waals surface area contributed by atoms with Gasteiger partial charge < -0.3 is 4.74 Å². The van der Waals surface area contributed by atoms with Crippen LogP contribution in [0.2, 0.25) is 0 Å². The van der Waals surface area contributed by atoms with E-state index in [1.807, 2.05) is 27.7 Å². The van der Waals surface area contributed by atoms with Crippen LogP contribution in [0.25, 0.3) is 0 Å². The van der Waals surface area contributed by atoms with Crippen LogP contribution in [0.15, 0.2) is 4.79 Å². The van der Waals surface area contributed by atoms with Crippen LogP contribution in [0.1, 0.15) is 51.4 Å². The molecule has 1 unspecified atom stereocenters. The molecule has 0 spiro atoms. The lowest BCUT2D eigenvalue weighted by Crippen LogP contribution is -2.43. The first-order valence-electron chi connectivity index (χ1n) is 7.02. The summed E-state index contributed by atoms with van der Waals surface area (Å²) in [5.74, 6) is 0. The summed E-state index contributed by atoms with van der Waals surface area (Å²) in [7, 11) is 1.70. The van der Waals surface area contributed by atoms with E-state index in [-0.39, 0.29) is 17.7 Å². The number of fused-ring (bicyclic) bond motifs is 1. The van der Waals surface area contributed by atoms with Crippen molar-refractivity contribution in [3.63, 3.8) is 0 Å². The molecule has 2 rings (SSSR count). The lowest BCUT2D eigenvalue weighted by Gasteiger charge is -2.35. The van der Waals surface area contributed by atoms with Gasteiger partial charge in [-0.25, -0.2) is 4.79 Å². The van der Waals surface area contributed by atoms with Gasteiger partial charge in [-0.05, 0) is 33.6 Å². The van der Waals surface area contributed by atoms with Gasteiger partial charge in [0.1, 0.15) is 5.60 Å². The number of aromatic amines is 1. The molecule has 0 radical (unpaired) electrons. The van der Waals surface area contributed by atoms with E-state index in [1.165, 1.54) is 4.68 Å². The Morgan fingerprint density at radius 2 is 2.10 bits per heavy atom. The highest BCUT2D eigenvalue weighted by molar-refractivity contribution is 5.69. The van der Waals surface area contributed by atoms with Crippen LogP contribution in [0.5, 0.6) is 0 Å². The summed E-state index contributed by atoms with van der Waals surface area (Å²) in [5.41, 5.74) is 1.12. The van der Waals surface area contributed by atoms with Gasteiger partial charge in [-0.3, -0.25) is 19.5 Å². The molecule has 20 heavy (non-hydrogen) atoms. The summed E-state index contributed by atoms with van der Waals surface area (Å²) in [6.07, 6.45) is 0.993. The molecule has 0 saturated heterocycles. The summed E-state index contributed by atoms with van der Waals surface area (Å²) >= 11 is 0. The molecule has 0 bridgehead atoms. The monoisotopic (exact) mass is 281 g/mol. The first-order valence-corrected chi connectivity index (χ1v) is 7.02. The number of aryl methyl sites for hydroxylation is 1. The van der Waals surface area contributed by atoms with Gasteiger partial charge in [0, 0.05) is 19.2 Å². The quantitative estimate of drug-likeness (QED) is 0.855. The maximum absolute atomic E-state index is 12.3. The number of carbonyl (C=O) groups excluding carboxylic acids is 1. The van der Waals surface area contributed by atoms with Crippen LogP contribution >= 0.6 is 0 Å². The van der Waals surface area contributed by atoms with Gasteiger partial charge >= 0.3 is 6.09 Å². The Morgan fingerprint density at radius 3 is 2.65 bits per heavy atom. The minimum absolute atomic E-state index is 0.00212. The number of hydrogen-bond acceptors (Lipinski definition) is 3. The zero-order valence-electron chi connectivity index (χ0n) is 12.8. The molecule has 0 aliphatic carbocycles. The van der Waals surface area contributed by atoms with Crippen molar-refractivity contribution in [3.05, 3.63) is 21.6 Å². The van der Waals surface area contributed by atoms with Crippen LogP contribution in [-0.2, 0) is 18.2 Å². The highest BCUT2D eigenvalue weighted by Crippen LogP contribution is 2.30. The molecule has 0 fully saturated rings. The first kappa shape index (κ1) is 14.7. The molecule has 112 valence electrons. The third kappa shape index (κ3) is 2.59. The molecule has 0 saturated carbocycles. The Bertz CT molecular complexity index is 565. The van der Waals surface area contributed by atoms with E-state index in [9.17, 15) is 9.59 Å². The summed E-state index contributed by atoms with van der Waals surface area (Å²) in [6, 6.07) is -0.123. The number of amides is 1. The topological polar surface area (TPSA) is 67.3 Å². The molecule has 1 aromatic heterocycles. The van der Waals surface area contributed by atoms with Crippen LogP contribution in [0.4, 0.5) is 4.79 Å². The lowest BCUT2D eigenvalue weighted by molar-refractivity contribution is 0.0132. The van der Waals surface area contributed by atoms with Gasteiger partial charge in [-0.2, -0.15) is 0 Å². The second kappa shape index (κ2) is 5.00. The maximum atomic E-state index is 12.3. The standard InChI is InChI=1S/C14H23N3O3/c1-6-10-11-9(12(18)16(5)15-11)7-8-17(10)13(19)20-14(2,3)4/h10,15H,6-8H2,1-5H3. The molecule has 1 N–H and O–H groups in total. The van der Waals surface area contributed by atoms with Crippen molar-refractivity contribution in [1.82, 2.24) is 14.7 Å². The molecular formula is C14H23N3O3. The SMILES string of the molecule is CCC1c2[nH]n(C)c(=O)c2CCN1C(=O)OC(C)(C)C. The average molecular weight is 281 g/mol. The Labute approximate surface area is 118 Å². The number of rotatable bonds is 1. The largest absolute Gasteiger partial charge is 0.444 e. The van der Waals surface area contributed by atoms with E-state index in [0.29, 0.717) is 13.0 Å². The van der Waals surface area contributed by atoms with E-state index < -0.39 is 5.60 Å². The fourth-order valence-electron chi connectivity index (χ4n) is 2.64. The molecule has 1 aliphatic rings. The molecule has 1 atom stereocenters.